The molecule has 0 aromatic carbocycles. The number of hydrogen-bond acceptors (Lipinski definition) is 5. The minimum atomic E-state index is -0.457. The Kier molecular flexibility index (Phi) is 6.15. The van der Waals surface area contributed by atoms with Crippen LogP contribution in [0.4, 0.5) is 0 Å². The SMILES string of the molecule is CCCOC(=O)c1cc(C(=O)OCCC)c(C)nc1C. The quantitative estimate of drug-likeness (QED) is 0.749. The van der Waals surface area contributed by atoms with E-state index in [1.807, 2.05) is 13.8 Å². The Bertz CT molecular complexity index is 456. The minimum absolute atomic E-state index is 0.312. The van der Waals surface area contributed by atoms with Gasteiger partial charge < -0.3 is 9.47 Å². The predicted octanol–water partition coefficient (Wildman–Crippen LogP) is 2.83. The highest BCUT2D eigenvalue weighted by Crippen LogP contribution is 2.15. The van der Waals surface area contributed by atoms with E-state index in [0.717, 1.165) is 12.8 Å². The number of hydrogen-bond donors (Lipinski definition) is 0. The van der Waals surface area contributed by atoms with Crippen LogP contribution in [-0.4, -0.2) is 30.1 Å². The first-order chi connectivity index (χ1) is 9.51. The van der Waals surface area contributed by atoms with Crippen molar-refractivity contribution < 1.29 is 19.1 Å². The van der Waals surface area contributed by atoms with Crippen LogP contribution < -0.4 is 0 Å². The lowest BCUT2D eigenvalue weighted by Crippen LogP contribution is -2.14. The molecule has 0 fully saturated rings. The lowest BCUT2D eigenvalue weighted by Gasteiger charge is -2.10. The van der Waals surface area contributed by atoms with Crippen molar-refractivity contribution in [3.05, 3.63) is 28.6 Å². The summed E-state index contributed by atoms with van der Waals surface area (Å²) in [6, 6.07) is 1.51. The van der Waals surface area contributed by atoms with Gasteiger partial charge in [0.15, 0.2) is 0 Å². The molecule has 0 saturated carbocycles. The third kappa shape index (κ3) is 4.05. The Labute approximate surface area is 119 Å². The summed E-state index contributed by atoms with van der Waals surface area (Å²) in [7, 11) is 0. The van der Waals surface area contributed by atoms with Crippen molar-refractivity contribution in [1.29, 1.82) is 0 Å². The summed E-state index contributed by atoms with van der Waals surface area (Å²) in [6.45, 7) is 7.97. The molecule has 20 heavy (non-hydrogen) atoms. The van der Waals surface area contributed by atoms with Crippen molar-refractivity contribution in [2.75, 3.05) is 13.2 Å². The molecule has 0 spiro atoms. The molecule has 1 heterocycles. The van der Waals surface area contributed by atoms with Crippen molar-refractivity contribution in [2.24, 2.45) is 0 Å². The van der Waals surface area contributed by atoms with Gasteiger partial charge in [0.1, 0.15) is 0 Å². The average Bonchev–Trinajstić information content (AvgIpc) is 2.42. The fourth-order valence-electron chi connectivity index (χ4n) is 1.68. The van der Waals surface area contributed by atoms with Crippen molar-refractivity contribution in [3.8, 4) is 0 Å². The van der Waals surface area contributed by atoms with Gasteiger partial charge in [0, 0.05) is 0 Å². The number of nitrogens with zero attached hydrogens (tertiary/aromatic N) is 1. The first-order valence-electron chi connectivity index (χ1n) is 6.83. The van der Waals surface area contributed by atoms with Crippen LogP contribution >= 0.6 is 0 Å². The molecule has 0 N–H and O–H groups in total. The Hall–Kier alpha value is -1.91. The van der Waals surface area contributed by atoms with Gasteiger partial charge in [-0.15, -0.1) is 0 Å². The number of carbonyl (C=O) groups excluding carboxylic acids is 2. The van der Waals surface area contributed by atoms with Gasteiger partial charge in [0.2, 0.25) is 0 Å². The number of rotatable bonds is 6. The molecule has 5 heteroatoms. The summed E-state index contributed by atoms with van der Waals surface area (Å²) in [4.78, 5) is 28.1. The Morgan fingerprint density at radius 3 is 1.70 bits per heavy atom. The maximum atomic E-state index is 11.9. The van der Waals surface area contributed by atoms with E-state index < -0.39 is 11.9 Å². The van der Waals surface area contributed by atoms with Gasteiger partial charge in [-0.3, -0.25) is 4.98 Å². The molecule has 1 aromatic rings. The molecule has 110 valence electrons. The molecule has 1 rings (SSSR count). The third-order valence-corrected chi connectivity index (χ3v) is 2.72. The molecule has 5 nitrogen and oxygen atoms in total. The van der Waals surface area contributed by atoms with Crippen LogP contribution in [-0.2, 0) is 9.47 Å². The van der Waals surface area contributed by atoms with Gasteiger partial charge in [0.25, 0.3) is 0 Å². The smallest absolute Gasteiger partial charge is 0.340 e. The molecule has 0 amide bonds. The fraction of sp³-hybridized carbons (Fsp3) is 0.533. The summed E-state index contributed by atoms with van der Waals surface area (Å²) in [5, 5.41) is 0. The topological polar surface area (TPSA) is 65.5 Å². The fourth-order valence-corrected chi connectivity index (χ4v) is 1.68. The van der Waals surface area contributed by atoms with E-state index in [-0.39, 0.29) is 0 Å². The van der Waals surface area contributed by atoms with Crippen molar-refractivity contribution >= 4 is 11.9 Å². The highest BCUT2D eigenvalue weighted by atomic mass is 16.5. The Balaban J connectivity index is 3.02. The lowest BCUT2D eigenvalue weighted by molar-refractivity contribution is 0.0501. The number of esters is 2. The van der Waals surface area contributed by atoms with Gasteiger partial charge in [-0.1, -0.05) is 13.8 Å². The summed E-state index contributed by atoms with van der Waals surface area (Å²) in [5.74, 6) is -0.914. The van der Waals surface area contributed by atoms with E-state index in [0.29, 0.717) is 35.7 Å². The number of ether oxygens (including phenoxy) is 2. The van der Waals surface area contributed by atoms with Crippen LogP contribution in [0.5, 0.6) is 0 Å². The molecule has 0 radical (unpaired) electrons. The molecule has 1 aromatic heterocycles. The Morgan fingerprint density at radius 2 is 1.35 bits per heavy atom. The zero-order valence-electron chi connectivity index (χ0n) is 12.5. The summed E-state index contributed by atoms with van der Waals surface area (Å²) in [5.41, 5.74) is 1.73. The van der Waals surface area contributed by atoms with E-state index in [4.69, 9.17) is 9.47 Å². The van der Waals surface area contributed by atoms with Crippen LogP contribution in [0.3, 0.4) is 0 Å². The second-order valence-corrected chi connectivity index (χ2v) is 4.53. The van der Waals surface area contributed by atoms with Gasteiger partial charge in [-0.2, -0.15) is 0 Å². The van der Waals surface area contributed by atoms with E-state index in [9.17, 15) is 9.59 Å². The van der Waals surface area contributed by atoms with E-state index in [1.165, 1.54) is 6.07 Å². The Morgan fingerprint density at radius 1 is 0.950 bits per heavy atom. The second kappa shape index (κ2) is 7.62. The van der Waals surface area contributed by atoms with Crippen molar-refractivity contribution in [3.63, 3.8) is 0 Å². The van der Waals surface area contributed by atoms with Crippen LogP contribution in [0.15, 0.2) is 6.07 Å². The molecular formula is C15H21NO4. The standard InChI is InChI=1S/C15H21NO4/c1-5-7-19-14(17)12-9-13(11(4)16-10(12)3)15(18)20-8-6-2/h9H,5-8H2,1-4H3. The highest BCUT2D eigenvalue weighted by Gasteiger charge is 2.19. The van der Waals surface area contributed by atoms with Gasteiger partial charge in [-0.05, 0) is 32.8 Å². The van der Waals surface area contributed by atoms with Crippen molar-refractivity contribution in [2.45, 2.75) is 40.5 Å². The zero-order valence-corrected chi connectivity index (χ0v) is 12.5. The van der Waals surface area contributed by atoms with Crippen LogP contribution in [0.2, 0.25) is 0 Å². The normalized spacial score (nSPS) is 10.2. The van der Waals surface area contributed by atoms with E-state index in [2.05, 4.69) is 4.98 Å². The number of pyridine rings is 1. The van der Waals surface area contributed by atoms with Gasteiger partial charge in [-0.25, -0.2) is 9.59 Å². The van der Waals surface area contributed by atoms with Crippen LogP contribution in [0.1, 0.15) is 58.8 Å². The van der Waals surface area contributed by atoms with Crippen LogP contribution in [0.25, 0.3) is 0 Å². The second-order valence-electron chi connectivity index (χ2n) is 4.53. The molecule has 0 aliphatic heterocycles. The molecule has 0 unspecified atom stereocenters. The molecule has 0 aliphatic carbocycles. The third-order valence-electron chi connectivity index (χ3n) is 2.72. The monoisotopic (exact) mass is 279 g/mol. The largest absolute Gasteiger partial charge is 0.462 e. The molecule has 0 atom stereocenters. The predicted molar refractivity (Wildman–Crippen MR) is 74.9 cm³/mol. The molecule has 0 aliphatic rings. The average molecular weight is 279 g/mol. The van der Waals surface area contributed by atoms with Gasteiger partial charge >= 0.3 is 11.9 Å². The minimum Gasteiger partial charge on any atom is -0.462 e. The summed E-state index contributed by atoms with van der Waals surface area (Å²) >= 11 is 0. The first-order valence-corrected chi connectivity index (χ1v) is 6.83. The maximum absolute atomic E-state index is 11.9. The summed E-state index contributed by atoms with van der Waals surface area (Å²) in [6.07, 6.45) is 1.49. The molecular weight excluding hydrogens is 258 g/mol. The lowest BCUT2D eigenvalue weighted by atomic mass is 10.1. The van der Waals surface area contributed by atoms with Crippen molar-refractivity contribution in [1.82, 2.24) is 4.98 Å². The molecule has 0 bridgehead atoms. The first kappa shape index (κ1) is 16.1. The highest BCUT2D eigenvalue weighted by molar-refractivity contribution is 5.96. The van der Waals surface area contributed by atoms with E-state index in [1.54, 1.807) is 13.8 Å². The number of aromatic nitrogens is 1. The number of aryl methyl sites for hydroxylation is 2. The van der Waals surface area contributed by atoms with E-state index >= 15 is 0 Å². The van der Waals surface area contributed by atoms with Gasteiger partial charge in [0.05, 0.1) is 35.7 Å². The van der Waals surface area contributed by atoms with Crippen LogP contribution in [0, 0.1) is 13.8 Å². The summed E-state index contributed by atoms with van der Waals surface area (Å²) < 4.78 is 10.2. The maximum Gasteiger partial charge on any atom is 0.340 e. The number of carbonyl (C=O) groups is 2. The molecule has 0 saturated heterocycles. The zero-order chi connectivity index (χ0) is 15.1.